The van der Waals surface area contributed by atoms with Gasteiger partial charge in [0.25, 0.3) is 0 Å². The highest BCUT2D eigenvalue weighted by molar-refractivity contribution is 7.99. The van der Waals surface area contributed by atoms with Crippen molar-refractivity contribution < 1.29 is 19.1 Å². The van der Waals surface area contributed by atoms with Gasteiger partial charge in [-0.2, -0.15) is 0 Å². The van der Waals surface area contributed by atoms with Crippen LogP contribution in [0.5, 0.6) is 5.75 Å². The van der Waals surface area contributed by atoms with E-state index in [2.05, 4.69) is 21.3 Å². The Morgan fingerprint density at radius 1 is 1.18 bits per heavy atom. The molecule has 3 aliphatic rings. The molecule has 186 valence electrons. The Hall–Kier alpha value is -2.46. The molecule has 4 amide bonds. The van der Waals surface area contributed by atoms with E-state index in [0.717, 1.165) is 23.5 Å². The van der Waals surface area contributed by atoms with E-state index in [1.807, 2.05) is 45.0 Å². The number of carbonyl (C=O) groups excluding carboxylic acids is 3. The minimum Gasteiger partial charge on any atom is -0.493 e. The van der Waals surface area contributed by atoms with Crippen molar-refractivity contribution >= 4 is 29.6 Å². The van der Waals surface area contributed by atoms with Gasteiger partial charge in [-0.15, -0.1) is 11.8 Å². The molecule has 3 heterocycles. The fraction of sp³-hybridized carbons (Fsp3) is 0.625. The highest BCUT2D eigenvalue weighted by Crippen LogP contribution is 2.46. The van der Waals surface area contributed by atoms with E-state index in [1.165, 1.54) is 0 Å². The van der Waals surface area contributed by atoms with Crippen molar-refractivity contribution in [2.45, 2.75) is 69.7 Å². The average molecular weight is 490 g/mol. The summed E-state index contributed by atoms with van der Waals surface area (Å²) in [6.07, 6.45) is 1.70. The van der Waals surface area contributed by atoms with Gasteiger partial charge in [-0.25, -0.2) is 4.79 Å². The third-order valence-electron chi connectivity index (χ3n) is 6.91. The van der Waals surface area contributed by atoms with E-state index in [0.29, 0.717) is 19.4 Å². The summed E-state index contributed by atoms with van der Waals surface area (Å²) >= 11 is 1.69. The molecule has 5 atom stereocenters. The standard InChI is InChI=1S/C24H35N5O4S/c1-14(25-4)26-23(32)28-17-10-12-34-19-13-24(2,3)20(29(19)22(17)31)21(30)27-16-9-11-33-18-8-6-5-7-15(16)18/h5-8,14,16-17,19-20,25H,9-13H2,1-4H3,(H,27,30)(H2,26,28,32)/t14-,16-,17+,19+,20-/m1/s1. The molecule has 10 heteroatoms. The number of urea groups is 1. The second-order valence-electron chi connectivity index (χ2n) is 9.87. The number of rotatable bonds is 5. The van der Waals surface area contributed by atoms with E-state index in [-0.39, 0.29) is 29.4 Å². The van der Waals surface area contributed by atoms with Crippen LogP contribution in [-0.2, 0) is 9.59 Å². The number of nitrogens with one attached hydrogen (secondary N) is 4. The van der Waals surface area contributed by atoms with Crippen LogP contribution in [0.15, 0.2) is 24.3 Å². The number of ether oxygens (including phenoxy) is 1. The van der Waals surface area contributed by atoms with Crippen LogP contribution < -0.4 is 26.0 Å². The van der Waals surface area contributed by atoms with Crippen LogP contribution in [0.1, 0.15) is 51.6 Å². The average Bonchev–Trinajstić information content (AvgIpc) is 2.99. The predicted octanol–water partition coefficient (Wildman–Crippen LogP) is 1.95. The molecule has 0 bridgehead atoms. The summed E-state index contributed by atoms with van der Waals surface area (Å²) in [4.78, 5) is 41.5. The first-order valence-electron chi connectivity index (χ1n) is 11.9. The highest BCUT2D eigenvalue weighted by Gasteiger charge is 2.54. The SMILES string of the molecule is CN[C@@H](C)NC(=O)N[C@H]1CCS[C@H]2CC(C)(C)[C@@H](C(=O)N[C@@H]3CCOc4ccccc43)N2C1=O. The van der Waals surface area contributed by atoms with E-state index in [1.54, 1.807) is 23.7 Å². The van der Waals surface area contributed by atoms with E-state index in [4.69, 9.17) is 4.74 Å². The fourth-order valence-electron chi connectivity index (χ4n) is 5.06. The quantitative estimate of drug-likeness (QED) is 0.471. The van der Waals surface area contributed by atoms with Gasteiger partial charge < -0.3 is 30.9 Å². The zero-order valence-electron chi connectivity index (χ0n) is 20.2. The molecule has 0 spiro atoms. The summed E-state index contributed by atoms with van der Waals surface area (Å²) in [5.41, 5.74) is 0.563. The third kappa shape index (κ3) is 4.98. The number of benzene rings is 1. The zero-order valence-corrected chi connectivity index (χ0v) is 21.0. The number of hydrogen-bond acceptors (Lipinski definition) is 6. The number of hydrogen-bond donors (Lipinski definition) is 4. The number of nitrogens with zero attached hydrogens (tertiary/aromatic N) is 1. The maximum Gasteiger partial charge on any atom is 0.316 e. The summed E-state index contributed by atoms with van der Waals surface area (Å²) in [6, 6.07) is 5.89. The Bertz CT molecular complexity index is 942. The largest absolute Gasteiger partial charge is 0.493 e. The number of fused-ring (bicyclic) bond motifs is 2. The topological polar surface area (TPSA) is 112 Å². The maximum absolute atomic E-state index is 13.7. The van der Waals surface area contributed by atoms with Gasteiger partial charge in [0.1, 0.15) is 17.8 Å². The minimum atomic E-state index is -0.672. The van der Waals surface area contributed by atoms with Crippen molar-refractivity contribution in [1.82, 2.24) is 26.2 Å². The second-order valence-corrected chi connectivity index (χ2v) is 11.2. The lowest BCUT2D eigenvalue weighted by Crippen LogP contribution is -2.58. The molecule has 0 aromatic heterocycles. The van der Waals surface area contributed by atoms with Gasteiger partial charge in [0.15, 0.2) is 0 Å². The monoisotopic (exact) mass is 489 g/mol. The van der Waals surface area contributed by atoms with Gasteiger partial charge in [-0.3, -0.25) is 9.59 Å². The van der Waals surface area contributed by atoms with Crippen molar-refractivity contribution in [2.24, 2.45) is 5.41 Å². The number of thioether (sulfide) groups is 1. The Balaban J connectivity index is 1.53. The van der Waals surface area contributed by atoms with Crippen molar-refractivity contribution in [3.05, 3.63) is 29.8 Å². The van der Waals surface area contributed by atoms with Crippen LogP contribution >= 0.6 is 11.8 Å². The second kappa shape index (κ2) is 10.0. The summed E-state index contributed by atoms with van der Waals surface area (Å²) in [7, 11) is 1.75. The fourth-order valence-corrected chi connectivity index (χ4v) is 6.64. The van der Waals surface area contributed by atoms with Gasteiger partial charge in [-0.1, -0.05) is 32.0 Å². The van der Waals surface area contributed by atoms with Gasteiger partial charge in [-0.05, 0) is 44.0 Å². The van der Waals surface area contributed by atoms with Crippen LogP contribution in [0, 0.1) is 5.41 Å². The minimum absolute atomic E-state index is 0.0914. The lowest BCUT2D eigenvalue weighted by Gasteiger charge is -2.36. The van der Waals surface area contributed by atoms with Gasteiger partial charge in [0.05, 0.1) is 24.2 Å². The van der Waals surface area contributed by atoms with Crippen molar-refractivity contribution in [2.75, 3.05) is 19.4 Å². The number of para-hydroxylation sites is 1. The van der Waals surface area contributed by atoms with Gasteiger partial charge in [0, 0.05) is 12.0 Å². The molecule has 9 nitrogen and oxygen atoms in total. The molecular weight excluding hydrogens is 454 g/mol. The van der Waals surface area contributed by atoms with Gasteiger partial charge in [0.2, 0.25) is 11.8 Å². The summed E-state index contributed by atoms with van der Waals surface area (Å²) in [5.74, 6) is 1.17. The molecule has 34 heavy (non-hydrogen) atoms. The first kappa shape index (κ1) is 24.7. The molecule has 0 unspecified atom stereocenters. The van der Waals surface area contributed by atoms with Crippen LogP contribution in [0.4, 0.5) is 4.79 Å². The van der Waals surface area contributed by atoms with Gasteiger partial charge >= 0.3 is 6.03 Å². The van der Waals surface area contributed by atoms with E-state index < -0.39 is 23.5 Å². The Kier molecular flexibility index (Phi) is 7.28. The van der Waals surface area contributed by atoms with Crippen molar-refractivity contribution in [3.8, 4) is 5.75 Å². The number of carbonyl (C=O) groups is 3. The third-order valence-corrected chi connectivity index (χ3v) is 8.16. The summed E-state index contributed by atoms with van der Waals surface area (Å²) in [6.45, 7) is 6.43. The maximum atomic E-state index is 13.7. The zero-order chi connectivity index (χ0) is 24.5. The predicted molar refractivity (Wildman–Crippen MR) is 131 cm³/mol. The first-order chi connectivity index (χ1) is 16.2. The van der Waals surface area contributed by atoms with Crippen LogP contribution in [0.2, 0.25) is 0 Å². The van der Waals surface area contributed by atoms with Crippen molar-refractivity contribution in [1.29, 1.82) is 0 Å². The van der Waals surface area contributed by atoms with Crippen LogP contribution in [-0.4, -0.2) is 65.8 Å². The lowest BCUT2D eigenvalue weighted by atomic mass is 9.83. The molecule has 0 aliphatic carbocycles. The Labute approximate surface area is 205 Å². The van der Waals surface area contributed by atoms with E-state index in [9.17, 15) is 14.4 Å². The Morgan fingerprint density at radius 2 is 1.94 bits per heavy atom. The van der Waals surface area contributed by atoms with E-state index >= 15 is 0 Å². The first-order valence-corrected chi connectivity index (χ1v) is 13.0. The molecule has 2 fully saturated rings. The smallest absolute Gasteiger partial charge is 0.316 e. The highest BCUT2D eigenvalue weighted by atomic mass is 32.2. The molecule has 4 N–H and O–H groups in total. The molecule has 4 rings (SSSR count). The molecule has 3 aliphatic heterocycles. The van der Waals surface area contributed by atoms with Crippen molar-refractivity contribution in [3.63, 3.8) is 0 Å². The molecule has 2 saturated heterocycles. The van der Waals surface area contributed by atoms with Crippen LogP contribution in [0.3, 0.4) is 0 Å². The molecular formula is C24H35N5O4S. The normalized spacial score (nSPS) is 28.6. The molecule has 0 radical (unpaired) electrons. The molecule has 1 aromatic carbocycles. The summed E-state index contributed by atoms with van der Waals surface area (Å²) < 4.78 is 5.74. The van der Waals surface area contributed by atoms with Crippen LogP contribution in [0.25, 0.3) is 0 Å². The lowest BCUT2D eigenvalue weighted by molar-refractivity contribution is -0.142. The Morgan fingerprint density at radius 3 is 2.71 bits per heavy atom. The molecule has 0 saturated carbocycles. The number of amides is 4. The molecule has 1 aromatic rings. The summed E-state index contributed by atoms with van der Waals surface area (Å²) in [5, 5.41) is 11.6.